The van der Waals surface area contributed by atoms with Crippen LogP contribution in [0.25, 0.3) is 0 Å². The summed E-state index contributed by atoms with van der Waals surface area (Å²) >= 11 is 0. The van der Waals surface area contributed by atoms with Gasteiger partial charge in [0.2, 0.25) is 17.8 Å². The molecule has 1 saturated heterocycles. The molecule has 0 amide bonds. The van der Waals surface area contributed by atoms with E-state index in [4.69, 9.17) is 10.2 Å². The van der Waals surface area contributed by atoms with Crippen molar-refractivity contribution in [3.05, 3.63) is 0 Å². The first-order valence-corrected chi connectivity index (χ1v) is 11.7. The molecule has 0 bridgehead atoms. The number of hydrogen-bond acceptors (Lipinski definition) is 9. The number of aromatic nitrogens is 3. The molecule has 2 heterocycles. The highest BCUT2D eigenvalue weighted by Crippen LogP contribution is 2.36. The van der Waals surface area contributed by atoms with Crippen molar-refractivity contribution in [1.29, 1.82) is 0 Å². The summed E-state index contributed by atoms with van der Waals surface area (Å²) in [5.41, 5.74) is 0.153. The van der Waals surface area contributed by atoms with Gasteiger partial charge in [0.25, 0.3) is 0 Å². The van der Waals surface area contributed by atoms with Crippen LogP contribution in [0.4, 0.5) is 17.8 Å². The van der Waals surface area contributed by atoms with Gasteiger partial charge >= 0.3 is 0 Å². The molecule has 1 aliphatic heterocycles. The minimum Gasteiger partial charge on any atom is -0.396 e. The maximum absolute atomic E-state index is 9.06. The summed E-state index contributed by atoms with van der Waals surface area (Å²) in [5, 5.41) is 31.8. The normalized spacial score (nSPS) is 19.1. The number of nitrogens with zero attached hydrogens (tertiary/aromatic N) is 3. The average molecular weight is 438 g/mol. The zero-order valence-electron chi connectivity index (χ0n) is 20.0. The van der Waals surface area contributed by atoms with E-state index in [9.17, 15) is 0 Å². The Kier molecular flexibility index (Phi) is 9.71. The van der Waals surface area contributed by atoms with E-state index in [0.29, 0.717) is 49.7 Å². The standard InChI is InChI=1S/C22H43N7O2/c1-6-9-17(16-14-21(2,3)29-22(4,5)15-16)25-20-27-18(23-10-7-12-30)26-19(28-20)24-11-8-13-31/h16-17,29-31H,6-15H2,1-5H3,(H3,23,24,25,26,27,28). The molecule has 0 spiro atoms. The van der Waals surface area contributed by atoms with Gasteiger partial charge in [-0.3, -0.25) is 0 Å². The third kappa shape index (κ3) is 8.74. The van der Waals surface area contributed by atoms with Crippen LogP contribution in [0, 0.1) is 5.92 Å². The lowest BCUT2D eigenvalue weighted by molar-refractivity contribution is 0.115. The van der Waals surface area contributed by atoms with E-state index < -0.39 is 0 Å². The molecule has 9 heteroatoms. The van der Waals surface area contributed by atoms with Crippen LogP contribution >= 0.6 is 0 Å². The molecule has 0 aromatic carbocycles. The van der Waals surface area contributed by atoms with Gasteiger partial charge in [-0.1, -0.05) is 13.3 Å². The molecular formula is C22H43N7O2. The maximum Gasteiger partial charge on any atom is 0.229 e. The molecule has 1 fully saturated rings. The third-order valence-corrected chi connectivity index (χ3v) is 5.58. The second-order valence-corrected chi connectivity index (χ2v) is 9.91. The highest BCUT2D eigenvalue weighted by atomic mass is 16.3. The first-order valence-electron chi connectivity index (χ1n) is 11.7. The number of hydrogen-bond donors (Lipinski definition) is 6. The molecule has 0 saturated carbocycles. The van der Waals surface area contributed by atoms with Crippen molar-refractivity contribution < 1.29 is 10.2 Å². The van der Waals surface area contributed by atoms with Gasteiger partial charge in [0.15, 0.2) is 0 Å². The first kappa shape index (κ1) is 25.5. The van der Waals surface area contributed by atoms with Crippen molar-refractivity contribution in [2.45, 2.75) is 90.3 Å². The average Bonchev–Trinajstić information content (AvgIpc) is 2.66. The van der Waals surface area contributed by atoms with Crippen LogP contribution in [0.1, 0.15) is 73.1 Å². The third-order valence-electron chi connectivity index (χ3n) is 5.58. The molecule has 9 nitrogen and oxygen atoms in total. The summed E-state index contributed by atoms with van der Waals surface area (Å²) in [6.45, 7) is 12.7. The molecular weight excluding hydrogens is 394 g/mol. The Labute approximate surface area is 187 Å². The fourth-order valence-electron chi connectivity index (χ4n) is 4.75. The fraction of sp³-hybridized carbons (Fsp3) is 0.864. The summed E-state index contributed by atoms with van der Waals surface area (Å²) in [7, 11) is 0. The van der Waals surface area contributed by atoms with Gasteiger partial charge in [-0.2, -0.15) is 15.0 Å². The van der Waals surface area contributed by atoms with Gasteiger partial charge in [-0.05, 0) is 65.7 Å². The van der Waals surface area contributed by atoms with Gasteiger partial charge in [0, 0.05) is 43.4 Å². The minimum absolute atomic E-state index is 0.0766. The predicted octanol–water partition coefficient (Wildman–Crippen LogP) is 2.60. The number of anilines is 3. The largest absolute Gasteiger partial charge is 0.396 e. The molecule has 0 aliphatic carbocycles. The lowest BCUT2D eigenvalue weighted by Crippen LogP contribution is -2.59. The Morgan fingerprint density at radius 2 is 1.39 bits per heavy atom. The Morgan fingerprint density at radius 1 is 0.903 bits per heavy atom. The molecule has 6 N–H and O–H groups in total. The van der Waals surface area contributed by atoms with Crippen LogP contribution < -0.4 is 21.3 Å². The molecule has 1 aromatic rings. The molecule has 0 radical (unpaired) electrons. The van der Waals surface area contributed by atoms with Crippen molar-refractivity contribution in [2.24, 2.45) is 5.92 Å². The van der Waals surface area contributed by atoms with Crippen LogP contribution in [0.3, 0.4) is 0 Å². The van der Waals surface area contributed by atoms with E-state index in [2.05, 4.69) is 70.8 Å². The second-order valence-electron chi connectivity index (χ2n) is 9.91. The van der Waals surface area contributed by atoms with Gasteiger partial charge < -0.3 is 31.5 Å². The first-order chi connectivity index (χ1) is 14.7. The quantitative estimate of drug-likeness (QED) is 0.258. The monoisotopic (exact) mass is 437 g/mol. The Balaban J connectivity index is 2.21. The smallest absolute Gasteiger partial charge is 0.229 e. The van der Waals surface area contributed by atoms with Gasteiger partial charge in [0.1, 0.15) is 0 Å². The lowest BCUT2D eigenvalue weighted by atomic mass is 9.72. The summed E-state index contributed by atoms with van der Waals surface area (Å²) in [6, 6.07) is 0.267. The number of nitrogens with one attached hydrogen (secondary N) is 4. The highest BCUT2D eigenvalue weighted by Gasteiger charge is 2.40. The number of aliphatic hydroxyl groups excluding tert-OH is 2. The Hall–Kier alpha value is -1.71. The van der Waals surface area contributed by atoms with Crippen molar-refractivity contribution in [3.8, 4) is 0 Å². The van der Waals surface area contributed by atoms with Crippen molar-refractivity contribution >= 4 is 17.8 Å². The van der Waals surface area contributed by atoms with Gasteiger partial charge in [-0.15, -0.1) is 0 Å². The lowest BCUT2D eigenvalue weighted by Gasteiger charge is -2.48. The Bertz CT molecular complexity index is 625. The summed E-state index contributed by atoms with van der Waals surface area (Å²) < 4.78 is 0. The van der Waals surface area contributed by atoms with E-state index in [1.54, 1.807) is 0 Å². The van der Waals surface area contributed by atoms with Crippen molar-refractivity contribution in [2.75, 3.05) is 42.3 Å². The molecule has 31 heavy (non-hydrogen) atoms. The van der Waals surface area contributed by atoms with E-state index in [1.807, 2.05) is 0 Å². The van der Waals surface area contributed by atoms with Crippen LogP contribution in [0.2, 0.25) is 0 Å². The summed E-state index contributed by atoms with van der Waals surface area (Å²) in [6.07, 6.45) is 5.55. The van der Waals surface area contributed by atoms with Gasteiger partial charge in [0.05, 0.1) is 0 Å². The van der Waals surface area contributed by atoms with Crippen LogP contribution in [0.5, 0.6) is 0 Å². The predicted molar refractivity (Wildman–Crippen MR) is 127 cm³/mol. The topological polar surface area (TPSA) is 127 Å². The molecule has 1 atom stereocenters. The minimum atomic E-state index is 0.0766. The SMILES string of the molecule is CCCC(Nc1nc(NCCCO)nc(NCCCO)n1)C1CC(C)(C)NC(C)(C)C1. The molecule has 178 valence electrons. The highest BCUT2D eigenvalue weighted by molar-refractivity contribution is 5.42. The fourth-order valence-corrected chi connectivity index (χ4v) is 4.75. The number of rotatable bonds is 13. The van der Waals surface area contributed by atoms with E-state index in [1.165, 1.54) is 0 Å². The van der Waals surface area contributed by atoms with E-state index >= 15 is 0 Å². The van der Waals surface area contributed by atoms with Crippen molar-refractivity contribution in [1.82, 2.24) is 20.3 Å². The molecule has 1 aliphatic rings. The summed E-state index contributed by atoms with van der Waals surface area (Å²) in [4.78, 5) is 13.6. The van der Waals surface area contributed by atoms with Gasteiger partial charge in [-0.25, -0.2) is 0 Å². The number of piperidine rings is 1. The van der Waals surface area contributed by atoms with Crippen LogP contribution in [-0.2, 0) is 0 Å². The van der Waals surface area contributed by atoms with E-state index in [0.717, 1.165) is 25.7 Å². The maximum atomic E-state index is 9.06. The summed E-state index contributed by atoms with van der Waals surface area (Å²) in [5.74, 6) is 2.03. The van der Waals surface area contributed by atoms with Crippen LogP contribution in [0.15, 0.2) is 0 Å². The van der Waals surface area contributed by atoms with E-state index in [-0.39, 0.29) is 30.3 Å². The van der Waals surface area contributed by atoms with Crippen molar-refractivity contribution in [3.63, 3.8) is 0 Å². The molecule has 1 aromatic heterocycles. The number of aliphatic hydroxyl groups is 2. The molecule has 2 rings (SSSR count). The zero-order chi connectivity index (χ0) is 22.9. The Morgan fingerprint density at radius 3 is 1.84 bits per heavy atom. The zero-order valence-corrected chi connectivity index (χ0v) is 20.0. The second kappa shape index (κ2) is 11.8. The molecule has 1 unspecified atom stereocenters. The van der Waals surface area contributed by atoms with Crippen LogP contribution in [-0.4, -0.2) is 68.6 Å².